The van der Waals surface area contributed by atoms with Gasteiger partial charge in [0, 0.05) is 6.61 Å². The molecule has 33 heavy (non-hydrogen) atoms. The molecule has 0 bridgehead atoms. The van der Waals surface area contributed by atoms with E-state index in [1.54, 1.807) is 11.1 Å². The van der Waals surface area contributed by atoms with Gasteiger partial charge in [-0.05, 0) is 112 Å². The molecule has 3 heteroatoms. The predicted molar refractivity (Wildman–Crippen MR) is 145 cm³/mol. The fourth-order valence-corrected chi connectivity index (χ4v) is 8.87. The average molecular weight is 471 g/mol. The summed E-state index contributed by atoms with van der Waals surface area (Å²) in [7, 11) is -1.49. The lowest BCUT2D eigenvalue weighted by molar-refractivity contribution is 0.0799. The standard InChI is InChI=1S/C30H50O2Si/c1-9-21-31-22-11-13-24-14-15-26-25(24)18-20-30(5)27(16-17-28(26)30)23(2)12-10-19-29(3,4)32-33(6,7)8/h9,14-15,18,23,27-28H,1,10-13,16-17,19-22H2,2-8H3/t23-,27-,28+,30-/m1/s1. The molecule has 0 N–H and O–H groups in total. The molecular weight excluding hydrogens is 420 g/mol. The largest absolute Gasteiger partial charge is 0.413 e. The topological polar surface area (TPSA) is 18.5 Å². The maximum Gasteiger partial charge on any atom is 0.184 e. The van der Waals surface area contributed by atoms with Crippen LogP contribution in [0.25, 0.3) is 0 Å². The number of fused-ring (bicyclic) bond motifs is 3. The van der Waals surface area contributed by atoms with Crippen LogP contribution in [0.5, 0.6) is 0 Å². The first-order valence-electron chi connectivity index (χ1n) is 13.5. The van der Waals surface area contributed by atoms with Gasteiger partial charge in [0.15, 0.2) is 8.32 Å². The van der Waals surface area contributed by atoms with Gasteiger partial charge in [0.05, 0.1) is 12.2 Å². The zero-order valence-corrected chi connectivity index (χ0v) is 23.6. The van der Waals surface area contributed by atoms with Crippen molar-refractivity contribution in [3.05, 3.63) is 47.6 Å². The van der Waals surface area contributed by atoms with E-state index in [0.29, 0.717) is 12.0 Å². The lowest BCUT2D eigenvalue weighted by atomic mass is 9.61. The molecule has 2 nitrogen and oxygen atoms in total. The van der Waals surface area contributed by atoms with Crippen LogP contribution in [0.4, 0.5) is 0 Å². The van der Waals surface area contributed by atoms with Gasteiger partial charge < -0.3 is 9.16 Å². The molecule has 0 aromatic rings. The number of hydrogen-bond donors (Lipinski definition) is 0. The summed E-state index contributed by atoms with van der Waals surface area (Å²) in [5.74, 6) is 2.36. The van der Waals surface area contributed by atoms with Crippen LogP contribution in [0.2, 0.25) is 19.6 Å². The molecule has 0 heterocycles. The fourth-order valence-electron chi connectivity index (χ4n) is 7.11. The van der Waals surface area contributed by atoms with E-state index in [1.807, 2.05) is 6.08 Å². The van der Waals surface area contributed by atoms with E-state index in [4.69, 9.17) is 9.16 Å². The Hall–Kier alpha value is -0.903. The van der Waals surface area contributed by atoms with Crippen LogP contribution in [0, 0.1) is 23.2 Å². The van der Waals surface area contributed by atoms with E-state index >= 15 is 0 Å². The molecule has 0 aromatic heterocycles. The molecule has 1 fully saturated rings. The second-order valence-corrected chi connectivity index (χ2v) is 17.1. The van der Waals surface area contributed by atoms with Crippen molar-refractivity contribution in [1.82, 2.24) is 0 Å². The Morgan fingerprint density at radius 1 is 1.21 bits per heavy atom. The molecule has 4 atom stereocenters. The first-order valence-corrected chi connectivity index (χ1v) is 16.9. The molecule has 3 rings (SSSR count). The lowest BCUT2D eigenvalue weighted by Gasteiger charge is -2.43. The summed E-state index contributed by atoms with van der Waals surface area (Å²) < 4.78 is 12.0. The van der Waals surface area contributed by atoms with Crippen LogP contribution in [0.1, 0.15) is 79.1 Å². The highest BCUT2D eigenvalue weighted by molar-refractivity contribution is 6.69. The third-order valence-corrected chi connectivity index (χ3v) is 9.50. The zero-order chi connectivity index (χ0) is 24.3. The van der Waals surface area contributed by atoms with Crippen LogP contribution in [-0.4, -0.2) is 27.1 Å². The molecule has 0 aliphatic heterocycles. The summed E-state index contributed by atoms with van der Waals surface area (Å²) in [5, 5.41) is 0. The molecule has 0 unspecified atom stereocenters. The number of allylic oxidation sites excluding steroid dienone is 6. The average Bonchev–Trinajstić information content (AvgIpc) is 3.26. The van der Waals surface area contributed by atoms with Crippen LogP contribution in [0.15, 0.2) is 47.6 Å². The van der Waals surface area contributed by atoms with Gasteiger partial charge in [0.2, 0.25) is 0 Å². The van der Waals surface area contributed by atoms with Gasteiger partial charge in [0.1, 0.15) is 0 Å². The van der Waals surface area contributed by atoms with Crippen LogP contribution in [-0.2, 0) is 9.16 Å². The third kappa shape index (κ3) is 6.61. The summed E-state index contributed by atoms with van der Waals surface area (Å²) >= 11 is 0. The Morgan fingerprint density at radius 2 is 1.97 bits per heavy atom. The summed E-state index contributed by atoms with van der Waals surface area (Å²) in [4.78, 5) is 0. The molecular formula is C30H50O2Si. The van der Waals surface area contributed by atoms with Crippen molar-refractivity contribution < 1.29 is 9.16 Å². The van der Waals surface area contributed by atoms with Gasteiger partial charge in [-0.25, -0.2) is 0 Å². The quantitative estimate of drug-likeness (QED) is 0.152. The molecule has 0 radical (unpaired) electrons. The van der Waals surface area contributed by atoms with E-state index in [1.165, 1.54) is 44.1 Å². The van der Waals surface area contributed by atoms with E-state index in [9.17, 15) is 0 Å². The summed E-state index contributed by atoms with van der Waals surface area (Å²) in [6, 6.07) is 0. The van der Waals surface area contributed by atoms with Crippen molar-refractivity contribution in [2.45, 2.75) is 104 Å². The highest BCUT2D eigenvalue weighted by atomic mass is 28.4. The van der Waals surface area contributed by atoms with Gasteiger partial charge >= 0.3 is 0 Å². The van der Waals surface area contributed by atoms with E-state index in [-0.39, 0.29) is 5.60 Å². The molecule has 1 saturated carbocycles. The minimum absolute atomic E-state index is 0.0161. The number of hydrogen-bond acceptors (Lipinski definition) is 2. The highest BCUT2D eigenvalue weighted by Gasteiger charge is 2.51. The van der Waals surface area contributed by atoms with Crippen molar-refractivity contribution in [2.24, 2.45) is 23.2 Å². The van der Waals surface area contributed by atoms with Gasteiger partial charge in [-0.15, -0.1) is 6.58 Å². The Labute approximate surface area is 205 Å². The number of rotatable bonds is 13. The van der Waals surface area contributed by atoms with E-state index < -0.39 is 8.32 Å². The molecule has 0 aromatic carbocycles. The smallest absolute Gasteiger partial charge is 0.184 e. The molecule has 0 saturated heterocycles. The van der Waals surface area contributed by atoms with Gasteiger partial charge in [0.25, 0.3) is 0 Å². The second kappa shape index (κ2) is 10.8. The van der Waals surface area contributed by atoms with Crippen molar-refractivity contribution in [3.8, 4) is 0 Å². The minimum atomic E-state index is -1.49. The molecule has 0 amide bonds. The molecule has 0 spiro atoms. The summed E-state index contributed by atoms with van der Waals surface area (Å²) in [5.41, 5.74) is 5.19. The van der Waals surface area contributed by atoms with E-state index in [0.717, 1.165) is 37.2 Å². The maximum absolute atomic E-state index is 6.45. The van der Waals surface area contributed by atoms with Gasteiger partial charge in [-0.3, -0.25) is 0 Å². The SMILES string of the molecule is C=CCOCCCC1=CC=C2C1=CC[C@]1(C)[C@@H]([C@H](C)CCCC(C)(C)O[Si](C)(C)C)CC[C@@H]21. The molecule has 3 aliphatic rings. The van der Waals surface area contributed by atoms with Crippen molar-refractivity contribution in [1.29, 1.82) is 0 Å². The van der Waals surface area contributed by atoms with Crippen molar-refractivity contribution in [3.63, 3.8) is 0 Å². The Bertz CT molecular complexity index is 782. The normalized spacial score (nSPS) is 28.0. The predicted octanol–water partition coefficient (Wildman–Crippen LogP) is 8.63. The monoisotopic (exact) mass is 470 g/mol. The van der Waals surface area contributed by atoms with Gasteiger partial charge in [-0.1, -0.05) is 51.0 Å². The summed E-state index contributed by atoms with van der Waals surface area (Å²) in [6.07, 6.45) is 19.3. The number of ether oxygens (including phenoxy) is 1. The summed E-state index contributed by atoms with van der Waals surface area (Å²) in [6.45, 7) is 21.8. The Kier molecular flexibility index (Phi) is 8.73. The highest BCUT2D eigenvalue weighted by Crippen LogP contribution is 2.61. The second-order valence-electron chi connectivity index (χ2n) is 12.7. The lowest BCUT2D eigenvalue weighted by Crippen LogP contribution is -2.38. The third-order valence-electron chi connectivity index (χ3n) is 8.33. The van der Waals surface area contributed by atoms with Crippen molar-refractivity contribution in [2.75, 3.05) is 13.2 Å². The molecule has 3 aliphatic carbocycles. The first kappa shape index (κ1) is 26.7. The maximum atomic E-state index is 6.45. The molecule has 186 valence electrons. The van der Waals surface area contributed by atoms with Crippen molar-refractivity contribution >= 4 is 8.32 Å². The van der Waals surface area contributed by atoms with Gasteiger partial charge in [-0.2, -0.15) is 0 Å². The fraction of sp³-hybridized carbons (Fsp3) is 0.733. The van der Waals surface area contributed by atoms with Crippen LogP contribution >= 0.6 is 0 Å². The van der Waals surface area contributed by atoms with E-state index in [2.05, 4.69) is 72.1 Å². The van der Waals surface area contributed by atoms with Crippen LogP contribution < -0.4 is 0 Å². The Balaban J connectivity index is 1.54. The minimum Gasteiger partial charge on any atom is -0.413 e. The zero-order valence-electron chi connectivity index (χ0n) is 22.6. The van der Waals surface area contributed by atoms with Crippen LogP contribution in [0.3, 0.4) is 0 Å². The first-order chi connectivity index (χ1) is 15.5. The Morgan fingerprint density at radius 3 is 2.67 bits per heavy atom.